The highest BCUT2D eigenvalue weighted by Crippen LogP contribution is 2.38. The van der Waals surface area contributed by atoms with E-state index in [0.29, 0.717) is 12.8 Å². The zero-order valence-electron chi connectivity index (χ0n) is 17.1. The van der Waals surface area contributed by atoms with Crippen molar-refractivity contribution in [2.75, 3.05) is 25.0 Å². The average molecular weight is 439 g/mol. The first kappa shape index (κ1) is 22.8. The average Bonchev–Trinajstić information content (AvgIpc) is 2.96. The molecule has 2 atom stereocenters. The molecule has 1 heterocycles. The lowest BCUT2D eigenvalue weighted by Crippen LogP contribution is -2.45. The van der Waals surface area contributed by atoms with Gasteiger partial charge in [0.05, 0.1) is 29.6 Å². The summed E-state index contributed by atoms with van der Waals surface area (Å²) in [7, 11) is 0. The fraction of sp³-hybridized carbons (Fsp3) is 0.524. The molecule has 0 aromatic heterocycles. The molecule has 1 N–H and O–H groups in total. The maximum Gasteiger partial charge on any atom is 0.418 e. The number of likely N-dealkylation sites (tertiary alicyclic amines) is 1. The molecule has 2 aliphatic rings. The van der Waals surface area contributed by atoms with Crippen molar-refractivity contribution < 1.29 is 32.3 Å². The van der Waals surface area contributed by atoms with Crippen LogP contribution < -0.4 is 5.32 Å². The normalized spacial score (nSPS) is 21.1. The molecule has 2 unspecified atom stereocenters. The Kier molecular flexibility index (Phi) is 6.66. The number of anilines is 1. The van der Waals surface area contributed by atoms with Crippen LogP contribution in [0.5, 0.6) is 0 Å². The van der Waals surface area contributed by atoms with Crippen molar-refractivity contribution in [1.82, 2.24) is 9.80 Å². The molecule has 3 rings (SSSR count). The highest BCUT2D eigenvalue weighted by Gasteiger charge is 2.48. The highest BCUT2D eigenvalue weighted by molar-refractivity contribution is 6.07. The Balaban J connectivity index is 1.64. The van der Waals surface area contributed by atoms with Crippen molar-refractivity contribution in [1.29, 1.82) is 0 Å². The Morgan fingerprint density at radius 1 is 1.10 bits per heavy atom. The number of halogens is 3. The maximum atomic E-state index is 13.1. The minimum absolute atomic E-state index is 0.0935. The lowest BCUT2D eigenvalue weighted by molar-refractivity contribution is -0.146. The number of benzene rings is 1. The molecule has 1 aromatic rings. The van der Waals surface area contributed by atoms with Crippen LogP contribution in [-0.4, -0.2) is 53.1 Å². The minimum atomic E-state index is -4.64. The van der Waals surface area contributed by atoms with Crippen LogP contribution in [0.3, 0.4) is 0 Å². The second kappa shape index (κ2) is 9.07. The van der Waals surface area contributed by atoms with Gasteiger partial charge in [-0.3, -0.25) is 24.1 Å². The molecule has 31 heavy (non-hydrogen) atoms. The predicted octanol–water partition coefficient (Wildman–Crippen LogP) is 2.67. The smallest absolute Gasteiger partial charge is 0.332 e. The molecule has 168 valence electrons. The molecule has 1 saturated carbocycles. The molecule has 4 amide bonds. The summed E-state index contributed by atoms with van der Waals surface area (Å²) in [5.74, 6) is -2.90. The number of hydrogen-bond acceptors (Lipinski definition) is 4. The van der Waals surface area contributed by atoms with E-state index in [4.69, 9.17) is 0 Å². The lowest BCUT2D eigenvalue weighted by atomic mass is 9.81. The number of carbonyl (C=O) groups excluding carboxylic acids is 4. The number of nitrogens with zero attached hydrogens (tertiary/aromatic N) is 2. The van der Waals surface area contributed by atoms with Crippen molar-refractivity contribution in [3.8, 4) is 0 Å². The van der Waals surface area contributed by atoms with E-state index in [9.17, 15) is 32.3 Å². The SMILES string of the molecule is CCN(CC(=O)Nc1ccccc1C(F)(F)F)C(=O)CN1C(=O)C2CCCCC2C1=O. The molecule has 1 aromatic carbocycles. The molecular weight excluding hydrogens is 415 g/mol. The summed E-state index contributed by atoms with van der Waals surface area (Å²) in [4.78, 5) is 52.1. The molecule has 1 aliphatic heterocycles. The van der Waals surface area contributed by atoms with Gasteiger partial charge in [-0.2, -0.15) is 13.2 Å². The third kappa shape index (κ3) is 4.88. The molecule has 1 aliphatic carbocycles. The first-order chi connectivity index (χ1) is 14.6. The third-order valence-corrected chi connectivity index (χ3v) is 5.80. The van der Waals surface area contributed by atoms with Crippen molar-refractivity contribution in [3.63, 3.8) is 0 Å². The van der Waals surface area contributed by atoms with Crippen LogP contribution >= 0.6 is 0 Å². The van der Waals surface area contributed by atoms with Gasteiger partial charge in [0.15, 0.2) is 0 Å². The van der Waals surface area contributed by atoms with E-state index in [1.54, 1.807) is 6.92 Å². The molecule has 0 spiro atoms. The van der Waals surface area contributed by atoms with E-state index >= 15 is 0 Å². The molecule has 2 fully saturated rings. The van der Waals surface area contributed by atoms with Gasteiger partial charge in [0, 0.05) is 6.54 Å². The largest absolute Gasteiger partial charge is 0.418 e. The van der Waals surface area contributed by atoms with Crippen molar-refractivity contribution in [2.45, 2.75) is 38.8 Å². The third-order valence-electron chi connectivity index (χ3n) is 5.80. The summed E-state index contributed by atoms with van der Waals surface area (Å²) < 4.78 is 39.3. The Bertz CT molecular complexity index is 863. The van der Waals surface area contributed by atoms with Gasteiger partial charge in [-0.25, -0.2) is 0 Å². The number of nitrogens with one attached hydrogen (secondary N) is 1. The van der Waals surface area contributed by atoms with Crippen LogP contribution in [0.1, 0.15) is 38.2 Å². The van der Waals surface area contributed by atoms with E-state index in [0.717, 1.165) is 34.8 Å². The van der Waals surface area contributed by atoms with Crippen LogP contribution in [0.4, 0.5) is 18.9 Å². The monoisotopic (exact) mass is 439 g/mol. The second-order valence-electron chi connectivity index (χ2n) is 7.76. The summed E-state index contributed by atoms with van der Waals surface area (Å²) in [6, 6.07) is 4.55. The minimum Gasteiger partial charge on any atom is -0.332 e. The first-order valence-electron chi connectivity index (χ1n) is 10.2. The van der Waals surface area contributed by atoms with Crippen molar-refractivity contribution in [2.24, 2.45) is 11.8 Å². The Morgan fingerprint density at radius 2 is 1.68 bits per heavy atom. The molecule has 7 nitrogen and oxygen atoms in total. The van der Waals surface area contributed by atoms with Gasteiger partial charge in [-0.15, -0.1) is 0 Å². The first-order valence-corrected chi connectivity index (χ1v) is 10.2. The zero-order chi connectivity index (χ0) is 22.8. The Labute approximate surface area is 177 Å². The van der Waals surface area contributed by atoms with Gasteiger partial charge in [0.25, 0.3) is 0 Å². The fourth-order valence-corrected chi connectivity index (χ4v) is 4.20. The quantitative estimate of drug-likeness (QED) is 0.691. The molecule has 0 radical (unpaired) electrons. The predicted molar refractivity (Wildman–Crippen MR) is 104 cm³/mol. The molecular formula is C21H24F3N3O4. The topological polar surface area (TPSA) is 86.8 Å². The van der Waals surface area contributed by atoms with E-state index in [1.165, 1.54) is 12.1 Å². The number of alkyl halides is 3. The summed E-state index contributed by atoms with van der Waals surface area (Å²) in [5, 5.41) is 2.19. The van der Waals surface area contributed by atoms with E-state index in [1.807, 2.05) is 0 Å². The van der Waals surface area contributed by atoms with Crippen molar-refractivity contribution >= 4 is 29.3 Å². The summed E-state index contributed by atoms with van der Waals surface area (Å²) in [5.41, 5.74) is -1.40. The van der Waals surface area contributed by atoms with Gasteiger partial charge >= 0.3 is 6.18 Å². The van der Waals surface area contributed by atoms with Crippen molar-refractivity contribution in [3.05, 3.63) is 29.8 Å². The highest BCUT2D eigenvalue weighted by atomic mass is 19.4. The standard InChI is InChI=1S/C21H24F3N3O4/c1-2-26(11-17(28)25-16-10-6-5-9-15(16)21(22,23)24)18(29)12-27-19(30)13-7-3-4-8-14(13)20(27)31/h5-6,9-10,13-14H,2-4,7-8,11-12H2,1H3,(H,25,28). The molecule has 0 bridgehead atoms. The molecule has 10 heteroatoms. The number of imide groups is 1. The number of amides is 4. The lowest BCUT2D eigenvalue weighted by Gasteiger charge is -2.23. The number of para-hydroxylation sites is 1. The number of rotatable bonds is 6. The fourth-order valence-electron chi connectivity index (χ4n) is 4.20. The van der Waals surface area contributed by atoms with Gasteiger partial charge in [0.2, 0.25) is 23.6 Å². The number of fused-ring (bicyclic) bond motifs is 1. The van der Waals surface area contributed by atoms with Crippen LogP contribution in [0, 0.1) is 11.8 Å². The van der Waals surface area contributed by atoms with Crippen LogP contribution in [0.25, 0.3) is 0 Å². The maximum absolute atomic E-state index is 13.1. The zero-order valence-corrected chi connectivity index (χ0v) is 17.1. The van der Waals surface area contributed by atoms with Gasteiger partial charge < -0.3 is 10.2 Å². The summed E-state index contributed by atoms with van der Waals surface area (Å²) in [6.07, 6.45) is -1.67. The Hall–Kier alpha value is -2.91. The number of hydrogen-bond donors (Lipinski definition) is 1. The van der Waals surface area contributed by atoms with Crippen LogP contribution in [0.15, 0.2) is 24.3 Å². The number of likely N-dealkylation sites (N-methyl/N-ethyl adjacent to an activating group) is 1. The van der Waals surface area contributed by atoms with Crippen LogP contribution in [0.2, 0.25) is 0 Å². The number of carbonyl (C=O) groups is 4. The Morgan fingerprint density at radius 3 is 2.23 bits per heavy atom. The van der Waals surface area contributed by atoms with Gasteiger partial charge in [0.1, 0.15) is 6.54 Å². The van der Waals surface area contributed by atoms with E-state index < -0.39 is 42.3 Å². The second-order valence-corrected chi connectivity index (χ2v) is 7.76. The van der Waals surface area contributed by atoms with Crippen LogP contribution in [-0.2, 0) is 25.4 Å². The molecule has 1 saturated heterocycles. The van der Waals surface area contributed by atoms with E-state index in [-0.39, 0.29) is 30.2 Å². The van der Waals surface area contributed by atoms with Gasteiger partial charge in [-0.05, 0) is 31.9 Å². The van der Waals surface area contributed by atoms with Gasteiger partial charge in [-0.1, -0.05) is 25.0 Å². The summed E-state index contributed by atoms with van der Waals surface area (Å²) in [6.45, 7) is 0.730. The van der Waals surface area contributed by atoms with E-state index in [2.05, 4.69) is 5.32 Å². The summed E-state index contributed by atoms with van der Waals surface area (Å²) >= 11 is 0.